The Morgan fingerprint density at radius 3 is 2.83 bits per heavy atom. The Kier molecular flexibility index (Phi) is 8.09. The molecule has 0 radical (unpaired) electrons. The molecule has 2 aromatic carbocycles. The number of hydrogen-bond acceptors (Lipinski definition) is 5. The number of hydrogen-bond donors (Lipinski definition) is 3. The fraction of sp³-hybridized carbons (Fsp3) is 0.391. The van der Waals surface area contributed by atoms with Crippen LogP contribution in [-0.2, 0) is 9.53 Å². The smallest absolute Gasteiger partial charge is 0.251 e. The average molecular weight is 412 g/mol. The summed E-state index contributed by atoms with van der Waals surface area (Å²) < 4.78 is 11.5. The van der Waals surface area contributed by atoms with Crippen molar-refractivity contribution in [2.45, 2.75) is 32.3 Å². The van der Waals surface area contributed by atoms with Gasteiger partial charge in [0.1, 0.15) is 12.4 Å². The van der Waals surface area contributed by atoms with Crippen molar-refractivity contribution < 1.29 is 19.1 Å². The summed E-state index contributed by atoms with van der Waals surface area (Å²) >= 11 is 0. The maximum absolute atomic E-state index is 12.4. The maximum Gasteiger partial charge on any atom is 0.251 e. The predicted octanol–water partition coefficient (Wildman–Crippen LogP) is 3.43. The van der Waals surface area contributed by atoms with Crippen LogP contribution in [0, 0.1) is 0 Å². The van der Waals surface area contributed by atoms with Crippen molar-refractivity contribution in [3.63, 3.8) is 0 Å². The monoisotopic (exact) mass is 411 g/mol. The maximum atomic E-state index is 12.4. The van der Waals surface area contributed by atoms with E-state index in [-0.39, 0.29) is 24.5 Å². The minimum atomic E-state index is -0.213. The second kappa shape index (κ2) is 11.2. The lowest BCUT2D eigenvalue weighted by Crippen LogP contribution is -2.25. The second-order valence-electron chi connectivity index (χ2n) is 7.18. The molecule has 1 heterocycles. The van der Waals surface area contributed by atoms with Crippen LogP contribution in [0.5, 0.6) is 5.75 Å². The van der Waals surface area contributed by atoms with Crippen LogP contribution < -0.4 is 20.7 Å². The third kappa shape index (κ3) is 6.49. The molecule has 0 aliphatic carbocycles. The molecule has 3 N–H and O–H groups in total. The van der Waals surface area contributed by atoms with Crippen LogP contribution in [-0.4, -0.2) is 44.2 Å². The van der Waals surface area contributed by atoms with E-state index in [1.165, 1.54) is 0 Å². The predicted molar refractivity (Wildman–Crippen MR) is 117 cm³/mol. The van der Waals surface area contributed by atoms with Gasteiger partial charge in [0.15, 0.2) is 0 Å². The summed E-state index contributed by atoms with van der Waals surface area (Å²) in [7, 11) is 0. The fourth-order valence-corrected chi connectivity index (χ4v) is 3.16. The molecular weight excluding hydrogens is 382 g/mol. The SMILES string of the molecule is CCCNC(=O)c1cccc(NC(=O)CNc2ccccc2OCC2CCCO2)c1. The first-order chi connectivity index (χ1) is 14.7. The Bertz CT molecular complexity index is 850. The number of nitrogens with one attached hydrogen (secondary N) is 3. The summed E-state index contributed by atoms with van der Waals surface area (Å²) in [6.45, 7) is 3.98. The number of carbonyl (C=O) groups is 2. The lowest BCUT2D eigenvalue weighted by atomic mass is 10.2. The molecule has 7 heteroatoms. The lowest BCUT2D eigenvalue weighted by molar-refractivity contribution is -0.114. The van der Waals surface area contributed by atoms with Crippen LogP contribution in [0.4, 0.5) is 11.4 Å². The molecule has 0 saturated carbocycles. The molecule has 1 unspecified atom stereocenters. The summed E-state index contributed by atoms with van der Waals surface area (Å²) in [6.07, 6.45) is 3.07. The molecule has 1 aliphatic heterocycles. The normalized spacial score (nSPS) is 15.4. The largest absolute Gasteiger partial charge is 0.489 e. The number of carbonyl (C=O) groups excluding carboxylic acids is 2. The first kappa shape index (κ1) is 21.6. The van der Waals surface area contributed by atoms with Crippen LogP contribution in [0.3, 0.4) is 0 Å². The highest BCUT2D eigenvalue weighted by Crippen LogP contribution is 2.25. The Balaban J connectivity index is 1.52. The van der Waals surface area contributed by atoms with Gasteiger partial charge in [-0.2, -0.15) is 0 Å². The van der Waals surface area contributed by atoms with Crippen LogP contribution >= 0.6 is 0 Å². The summed E-state index contributed by atoms with van der Waals surface area (Å²) in [5.74, 6) is 0.328. The van der Waals surface area contributed by atoms with E-state index >= 15 is 0 Å². The molecule has 3 rings (SSSR count). The summed E-state index contributed by atoms with van der Waals surface area (Å²) in [6, 6.07) is 14.4. The zero-order chi connectivity index (χ0) is 21.2. The minimum absolute atomic E-state index is 0.0760. The zero-order valence-electron chi connectivity index (χ0n) is 17.3. The van der Waals surface area contributed by atoms with E-state index in [2.05, 4.69) is 16.0 Å². The van der Waals surface area contributed by atoms with Gasteiger partial charge in [0.2, 0.25) is 5.91 Å². The van der Waals surface area contributed by atoms with Gasteiger partial charge >= 0.3 is 0 Å². The van der Waals surface area contributed by atoms with Crippen LogP contribution in [0.15, 0.2) is 48.5 Å². The topological polar surface area (TPSA) is 88.7 Å². The number of para-hydroxylation sites is 2. The van der Waals surface area contributed by atoms with Crippen molar-refractivity contribution in [3.05, 3.63) is 54.1 Å². The van der Waals surface area contributed by atoms with E-state index < -0.39 is 0 Å². The quantitative estimate of drug-likeness (QED) is 0.557. The van der Waals surface area contributed by atoms with Crippen molar-refractivity contribution in [2.75, 3.05) is 36.9 Å². The fourth-order valence-electron chi connectivity index (χ4n) is 3.16. The first-order valence-corrected chi connectivity index (χ1v) is 10.4. The number of anilines is 2. The van der Waals surface area contributed by atoms with Gasteiger partial charge in [-0.3, -0.25) is 9.59 Å². The van der Waals surface area contributed by atoms with E-state index in [0.29, 0.717) is 30.2 Å². The molecule has 0 spiro atoms. The van der Waals surface area contributed by atoms with Gasteiger partial charge in [-0.25, -0.2) is 0 Å². The standard InChI is InChI=1S/C23H29N3O4/c1-2-12-24-23(28)17-7-5-8-18(14-17)26-22(27)15-25-20-10-3-4-11-21(20)30-16-19-9-6-13-29-19/h3-5,7-8,10-11,14,19,25H,2,6,9,12-13,15-16H2,1H3,(H,24,28)(H,26,27). The van der Waals surface area contributed by atoms with E-state index in [4.69, 9.17) is 9.47 Å². The molecule has 0 bridgehead atoms. The molecule has 0 aromatic heterocycles. The lowest BCUT2D eigenvalue weighted by Gasteiger charge is -2.15. The van der Waals surface area contributed by atoms with Gasteiger partial charge in [0.25, 0.3) is 5.91 Å². The van der Waals surface area contributed by atoms with E-state index in [9.17, 15) is 9.59 Å². The molecule has 1 saturated heterocycles. The number of ether oxygens (including phenoxy) is 2. The van der Waals surface area contributed by atoms with Gasteiger partial charge in [-0.15, -0.1) is 0 Å². The van der Waals surface area contributed by atoms with E-state index in [1.807, 2.05) is 31.2 Å². The van der Waals surface area contributed by atoms with Crippen LogP contribution in [0.25, 0.3) is 0 Å². The first-order valence-electron chi connectivity index (χ1n) is 10.4. The Morgan fingerprint density at radius 2 is 2.03 bits per heavy atom. The molecule has 2 aromatic rings. The highest BCUT2D eigenvalue weighted by molar-refractivity contribution is 5.98. The average Bonchev–Trinajstić information content (AvgIpc) is 3.29. The third-order valence-electron chi connectivity index (χ3n) is 4.72. The molecule has 160 valence electrons. The van der Waals surface area contributed by atoms with Gasteiger partial charge in [-0.05, 0) is 49.6 Å². The van der Waals surface area contributed by atoms with E-state index in [1.54, 1.807) is 24.3 Å². The van der Waals surface area contributed by atoms with Crippen molar-refractivity contribution in [1.82, 2.24) is 5.32 Å². The minimum Gasteiger partial charge on any atom is -0.489 e. The number of amides is 2. The summed E-state index contributed by atoms with van der Waals surface area (Å²) in [4.78, 5) is 24.5. The molecule has 1 atom stereocenters. The van der Waals surface area contributed by atoms with Gasteiger partial charge in [0, 0.05) is 24.4 Å². The van der Waals surface area contributed by atoms with Gasteiger partial charge in [-0.1, -0.05) is 25.1 Å². The number of benzene rings is 2. The Morgan fingerprint density at radius 1 is 1.17 bits per heavy atom. The highest BCUT2D eigenvalue weighted by atomic mass is 16.5. The molecule has 30 heavy (non-hydrogen) atoms. The summed E-state index contributed by atoms with van der Waals surface area (Å²) in [5, 5.41) is 8.76. The highest BCUT2D eigenvalue weighted by Gasteiger charge is 2.17. The molecule has 1 aliphatic rings. The van der Waals surface area contributed by atoms with Crippen molar-refractivity contribution in [3.8, 4) is 5.75 Å². The molecular formula is C23H29N3O4. The van der Waals surface area contributed by atoms with E-state index in [0.717, 1.165) is 31.6 Å². The molecule has 2 amide bonds. The number of rotatable bonds is 10. The van der Waals surface area contributed by atoms with Gasteiger partial charge < -0.3 is 25.4 Å². The summed E-state index contributed by atoms with van der Waals surface area (Å²) in [5.41, 5.74) is 1.84. The Hall–Kier alpha value is -3.06. The zero-order valence-corrected chi connectivity index (χ0v) is 17.3. The second-order valence-corrected chi connectivity index (χ2v) is 7.18. The van der Waals surface area contributed by atoms with Crippen LogP contribution in [0.1, 0.15) is 36.5 Å². The van der Waals surface area contributed by atoms with Crippen LogP contribution in [0.2, 0.25) is 0 Å². The van der Waals surface area contributed by atoms with Gasteiger partial charge in [0.05, 0.1) is 18.3 Å². The third-order valence-corrected chi connectivity index (χ3v) is 4.72. The van der Waals surface area contributed by atoms with Crippen molar-refractivity contribution >= 4 is 23.2 Å². The Labute approximate surface area is 177 Å². The molecule has 7 nitrogen and oxygen atoms in total. The van der Waals surface area contributed by atoms with Crippen molar-refractivity contribution in [1.29, 1.82) is 0 Å². The molecule has 1 fully saturated rings. The van der Waals surface area contributed by atoms with Crippen molar-refractivity contribution in [2.24, 2.45) is 0 Å².